The van der Waals surface area contributed by atoms with Crippen molar-refractivity contribution in [1.82, 2.24) is 9.62 Å². The van der Waals surface area contributed by atoms with Crippen molar-refractivity contribution in [3.05, 3.63) is 167 Å². The minimum Gasteiger partial charge on any atom is -0.392 e. The number of likely N-dealkylation sites (tertiary alicyclic amines) is 1. The zero-order valence-electron chi connectivity index (χ0n) is 33.1. The van der Waals surface area contributed by atoms with Gasteiger partial charge < -0.3 is 34.3 Å². The summed E-state index contributed by atoms with van der Waals surface area (Å²) >= 11 is 0. The van der Waals surface area contributed by atoms with Crippen LogP contribution in [0.15, 0.2) is 138 Å². The molecule has 3 aliphatic heterocycles. The van der Waals surface area contributed by atoms with Crippen molar-refractivity contribution in [1.29, 1.82) is 0 Å². The van der Waals surface area contributed by atoms with Gasteiger partial charge in [0.25, 0.3) is 0 Å². The van der Waals surface area contributed by atoms with Crippen molar-refractivity contribution in [2.75, 3.05) is 38.2 Å². The molecule has 0 aliphatic carbocycles. The van der Waals surface area contributed by atoms with Crippen molar-refractivity contribution in [3.8, 4) is 0 Å². The maximum Gasteiger partial charge on any atom is 0.242 e. The van der Waals surface area contributed by atoms with E-state index in [1.165, 1.54) is 12.1 Å². The maximum absolute atomic E-state index is 14.1. The number of aliphatic hydroxyl groups is 1. The number of carbonyl (C=O) groups is 1. The molecule has 0 saturated carbocycles. The minimum atomic E-state index is -4.03. The molecule has 1 amide bonds. The highest BCUT2D eigenvalue weighted by Crippen LogP contribution is 2.47. The van der Waals surface area contributed by atoms with Crippen LogP contribution in [-0.4, -0.2) is 75.1 Å². The van der Waals surface area contributed by atoms with Crippen molar-refractivity contribution >= 4 is 21.6 Å². The Bertz CT molecular complexity index is 2260. The molecule has 3 fully saturated rings. The van der Waals surface area contributed by atoms with Gasteiger partial charge in [-0.25, -0.2) is 8.42 Å². The van der Waals surface area contributed by atoms with Crippen LogP contribution in [0.25, 0.3) is 0 Å². The number of aryl methyl sites for hydroxylation is 1. The van der Waals surface area contributed by atoms with E-state index in [2.05, 4.69) is 27.1 Å². The fraction of sp³-hybridized carbons (Fsp3) is 0.340. The number of amides is 1. The Balaban J connectivity index is 1.07. The van der Waals surface area contributed by atoms with Gasteiger partial charge in [0.2, 0.25) is 15.9 Å². The molecule has 11 nitrogen and oxygen atoms in total. The molecule has 0 aromatic heterocycles. The zero-order valence-corrected chi connectivity index (χ0v) is 33.9. The summed E-state index contributed by atoms with van der Waals surface area (Å²) in [5.41, 5.74) is 5.74. The highest BCUT2D eigenvalue weighted by Gasteiger charge is 2.45. The summed E-state index contributed by atoms with van der Waals surface area (Å²) in [4.78, 5) is 16.6. The summed E-state index contributed by atoms with van der Waals surface area (Å²) in [6, 6.07) is 40.2. The molecule has 5 aromatic carbocycles. The molecule has 3 heterocycles. The lowest BCUT2D eigenvalue weighted by molar-refractivity contribution is -0.265. The van der Waals surface area contributed by atoms with Crippen LogP contribution < -0.4 is 10.0 Å². The number of nitrogens with zero attached hydrogens (tertiary/aromatic N) is 1. The lowest BCUT2D eigenvalue weighted by Crippen LogP contribution is -2.50. The molecule has 3 N–H and O–H groups in total. The fourth-order valence-electron chi connectivity index (χ4n) is 8.28. The lowest BCUT2D eigenvalue weighted by atomic mass is 9.83. The first kappa shape index (κ1) is 41.0. The molecule has 5 aromatic rings. The molecule has 12 heteroatoms. The first-order chi connectivity index (χ1) is 28.7. The maximum atomic E-state index is 14.1. The summed E-state index contributed by atoms with van der Waals surface area (Å²) < 4.78 is 55.8. The van der Waals surface area contributed by atoms with Crippen LogP contribution in [-0.2, 0) is 46.8 Å². The van der Waals surface area contributed by atoms with E-state index in [1.54, 1.807) is 18.2 Å². The Labute approximate surface area is 346 Å². The number of rotatable bonds is 13. The Morgan fingerprint density at radius 2 is 1.44 bits per heavy atom. The third-order valence-corrected chi connectivity index (χ3v) is 13.0. The molecule has 59 heavy (non-hydrogen) atoms. The standard InChI is InChI=1S/C47H51N3O8S/c1-33-15-21-40(22-16-33)59(53,54)49-41(29-34-9-4-2-5-10-34)45(52)48-39-14-8-13-38(30-39)46-57-42(31-50-25-23-47(24-26-50)55-27-28-56-47)43(36-11-6-3-7-12-36)44(58-46)37-19-17-35(32-51)18-20-37/h2-22,30,41-44,46,49,51H,23-29,31-32H2,1H3,(H,48,52). The van der Waals surface area contributed by atoms with Crippen LogP contribution in [0.2, 0.25) is 0 Å². The van der Waals surface area contributed by atoms with E-state index < -0.39 is 40.2 Å². The predicted molar refractivity (Wildman–Crippen MR) is 224 cm³/mol. The van der Waals surface area contributed by atoms with Gasteiger partial charge in [0.05, 0.1) is 36.9 Å². The van der Waals surface area contributed by atoms with Crippen molar-refractivity contribution in [2.24, 2.45) is 0 Å². The average molecular weight is 818 g/mol. The van der Waals surface area contributed by atoms with Gasteiger partial charge >= 0.3 is 0 Å². The quantitative estimate of drug-likeness (QED) is 0.117. The molecule has 5 unspecified atom stereocenters. The van der Waals surface area contributed by atoms with Gasteiger partial charge in [-0.1, -0.05) is 115 Å². The van der Waals surface area contributed by atoms with E-state index in [9.17, 15) is 18.3 Å². The largest absolute Gasteiger partial charge is 0.392 e. The summed E-state index contributed by atoms with van der Waals surface area (Å²) in [7, 11) is -4.03. The Morgan fingerprint density at radius 1 is 0.780 bits per heavy atom. The number of benzene rings is 5. The van der Waals surface area contributed by atoms with Gasteiger partial charge in [-0.15, -0.1) is 0 Å². The summed E-state index contributed by atoms with van der Waals surface area (Å²) in [6.45, 7) is 5.28. The number of hydrogen-bond acceptors (Lipinski definition) is 9. The van der Waals surface area contributed by atoms with E-state index in [4.69, 9.17) is 18.9 Å². The van der Waals surface area contributed by atoms with E-state index in [1.807, 2.05) is 97.9 Å². The van der Waals surface area contributed by atoms with E-state index in [0.29, 0.717) is 31.0 Å². The zero-order chi connectivity index (χ0) is 40.8. The van der Waals surface area contributed by atoms with Crippen LogP contribution >= 0.6 is 0 Å². The minimum absolute atomic E-state index is 0.0652. The summed E-state index contributed by atoms with van der Waals surface area (Å²) in [5.74, 6) is -1.18. The average Bonchev–Trinajstić information content (AvgIpc) is 3.72. The molecule has 8 rings (SSSR count). The lowest BCUT2D eigenvalue weighted by Gasteiger charge is -2.46. The number of hydrogen-bond donors (Lipinski definition) is 3. The van der Waals surface area contributed by atoms with E-state index in [0.717, 1.165) is 53.7 Å². The smallest absolute Gasteiger partial charge is 0.242 e. The molecule has 1 spiro atoms. The SMILES string of the molecule is Cc1ccc(S(=O)(=O)NC(Cc2ccccc2)C(=O)Nc2cccc(C3OC(CN4CCC5(CC4)OCCO5)C(c4ccccc4)C(c4ccc(CO)cc4)O3)c2)cc1. The Hall–Kier alpha value is -4.76. The normalized spacial score (nSPS) is 22.5. The molecule has 5 atom stereocenters. The third-order valence-electron chi connectivity index (χ3n) is 11.5. The van der Waals surface area contributed by atoms with Crippen molar-refractivity contribution in [3.63, 3.8) is 0 Å². The first-order valence-electron chi connectivity index (χ1n) is 20.3. The van der Waals surface area contributed by atoms with Crippen LogP contribution in [0.4, 0.5) is 5.69 Å². The first-order valence-corrected chi connectivity index (χ1v) is 21.7. The van der Waals surface area contributed by atoms with Gasteiger partial charge in [-0.2, -0.15) is 4.72 Å². The number of ether oxygens (including phenoxy) is 4. The molecule has 0 bridgehead atoms. The number of anilines is 1. The van der Waals surface area contributed by atoms with Crippen LogP contribution in [0.1, 0.15) is 64.5 Å². The topological polar surface area (TPSA) is 136 Å². The van der Waals surface area contributed by atoms with E-state index >= 15 is 0 Å². The van der Waals surface area contributed by atoms with Crippen molar-refractivity contribution in [2.45, 2.75) is 73.9 Å². The second-order valence-electron chi connectivity index (χ2n) is 15.6. The van der Waals surface area contributed by atoms with Gasteiger partial charge in [0.15, 0.2) is 12.1 Å². The highest BCUT2D eigenvalue weighted by molar-refractivity contribution is 7.89. The molecule has 308 valence electrons. The summed E-state index contributed by atoms with van der Waals surface area (Å²) in [5, 5.41) is 12.8. The van der Waals surface area contributed by atoms with Gasteiger partial charge in [0, 0.05) is 49.6 Å². The number of sulfonamides is 1. The second kappa shape index (κ2) is 18.2. The third kappa shape index (κ3) is 9.83. The van der Waals surface area contributed by atoms with Gasteiger partial charge in [0.1, 0.15) is 6.04 Å². The summed E-state index contributed by atoms with van der Waals surface area (Å²) in [6.07, 6.45) is 0.156. The molecule has 3 aliphatic rings. The number of carbonyl (C=O) groups excluding carboxylic acids is 1. The van der Waals surface area contributed by atoms with E-state index in [-0.39, 0.29) is 29.9 Å². The van der Waals surface area contributed by atoms with Crippen LogP contribution in [0, 0.1) is 6.92 Å². The van der Waals surface area contributed by atoms with Crippen molar-refractivity contribution < 1.29 is 37.3 Å². The molecular formula is C47H51N3O8S. The van der Waals surface area contributed by atoms with Gasteiger partial charge in [-0.05, 0) is 59.9 Å². The number of nitrogens with one attached hydrogen (secondary N) is 2. The predicted octanol–water partition coefficient (Wildman–Crippen LogP) is 6.79. The van der Waals surface area contributed by atoms with Gasteiger partial charge in [-0.3, -0.25) is 4.79 Å². The number of aliphatic hydroxyl groups excluding tert-OH is 1. The van der Waals surface area contributed by atoms with Crippen LogP contribution in [0.5, 0.6) is 0 Å². The fourth-order valence-corrected chi connectivity index (χ4v) is 9.48. The Kier molecular flexibility index (Phi) is 12.7. The molecule has 0 radical (unpaired) electrons. The molecular weight excluding hydrogens is 767 g/mol. The monoisotopic (exact) mass is 817 g/mol. The molecule has 3 saturated heterocycles. The Morgan fingerprint density at radius 3 is 2.12 bits per heavy atom. The highest BCUT2D eigenvalue weighted by atomic mass is 32.2. The van der Waals surface area contributed by atoms with Crippen LogP contribution in [0.3, 0.4) is 0 Å². The number of piperidine rings is 1. The second-order valence-corrected chi connectivity index (χ2v) is 17.3.